The molecule has 1 N–H and O–H groups in total. The zero-order valence-electron chi connectivity index (χ0n) is 12.3. The number of nitrogens with one attached hydrogen (secondary N) is 1. The van der Waals surface area contributed by atoms with Gasteiger partial charge < -0.3 is 10.1 Å². The van der Waals surface area contributed by atoms with Crippen molar-refractivity contribution in [1.82, 2.24) is 10.2 Å². The fourth-order valence-corrected chi connectivity index (χ4v) is 3.74. The van der Waals surface area contributed by atoms with E-state index in [0.717, 1.165) is 49.8 Å². The van der Waals surface area contributed by atoms with Gasteiger partial charge >= 0.3 is 0 Å². The van der Waals surface area contributed by atoms with Crippen LogP contribution in [-0.2, 0) is 0 Å². The van der Waals surface area contributed by atoms with E-state index in [-0.39, 0.29) is 5.60 Å². The monoisotopic (exact) mass is 294 g/mol. The summed E-state index contributed by atoms with van der Waals surface area (Å²) in [6, 6.07) is 6.53. The van der Waals surface area contributed by atoms with E-state index in [1.165, 1.54) is 5.56 Å². The third kappa shape index (κ3) is 2.43. The maximum atomic E-state index is 6.36. The molecule has 1 aromatic carbocycles. The number of fused-ring (bicyclic) bond motifs is 1. The third-order valence-corrected chi connectivity index (χ3v) is 4.92. The van der Waals surface area contributed by atoms with Gasteiger partial charge in [-0.15, -0.1) is 0 Å². The summed E-state index contributed by atoms with van der Waals surface area (Å²) in [5.74, 6) is 0.976. The molecule has 0 saturated carbocycles. The first-order valence-corrected chi connectivity index (χ1v) is 7.98. The standard InChI is InChI=1S/C16H23ClN2O/c1-3-19(4-2)14-10-16(7-8-18-11-16)20-15-9-12(17)5-6-13(14)15/h5-6,9,14,18H,3-4,7-8,10-11H2,1-2H3. The van der Waals surface area contributed by atoms with Gasteiger partial charge in [-0.1, -0.05) is 31.5 Å². The summed E-state index contributed by atoms with van der Waals surface area (Å²) in [5.41, 5.74) is 1.24. The van der Waals surface area contributed by atoms with Gasteiger partial charge in [0.1, 0.15) is 11.4 Å². The number of rotatable bonds is 3. The molecule has 20 heavy (non-hydrogen) atoms. The Kier molecular flexibility index (Phi) is 3.93. The van der Waals surface area contributed by atoms with Crippen LogP contribution in [0.2, 0.25) is 5.02 Å². The van der Waals surface area contributed by atoms with E-state index in [1.54, 1.807) is 0 Å². The van der Waals surface area contributed by atoms with E-state index in [2.05, 4.69) is 30.1 Å². The van der Waals surface area contributed by atoms with Gasteiger partial charge in [0.25, 0.3) is 0 Å². The van der Waals surface area contributed by atoms with Crippen molar-refractivity contribution in [3.63, 3.8) is 0 Å². The molecule has 1 fully saturated rings. The normalized spacial score (nSPS) is 28.7. The summed E-state index contributed by atoms with van der Waals surface area (Å²) in [4.78, 5) is 2.52. The first kappa shape index (κ1) is 14.2. The third-order valence-electron chi connectivity index (χ3n) is 4.68. The summed E-state index contributed by atoms with van der Waals surface area (Å²) in [5, 5.41) is 4.20. The molecule has 2 heterocycles. The lowest BCUT2D eigenvalue weighted by atomic mass is 9.85. The van der Waals surface area contributed by atoms with Gasteiger partial charge in [0, 0.05) is 36.0 Å². The van der Waals surface area contributed by atoms with Crippen LogP contribution in [0.3, 0.4) is 0 Å². The molecule has 2 unspecified atom stereocenters. The number of hydrogen-bond acceptors (Lipinski definition) is 3. The summed E-state index contributed by atoms with van der Waals surface area (Å²) >= 11 is 6.16. The van der Waals surface area contributed by atoms with E-state index >= 15 is 0 Å². The Bertz CT molecular complexity index is 481. The quantitative estimate of drug-likeness (QED) is 0.926. The molecule has 1 spiro atoms. The Morgan fingerprint density at radius 2 is 2.20 bits per heavy atom. The van der Waals surface area contributed by atoms with Crippen LogP contribution in [0, 0.1) is 0 Å². The van der Waals surface area contributed by atoms with Crippen LogP contribution in [0.25, 0.3) is 0 Å². The first-order chi connectivity index (χ1) is 9.67. The average Bonchev–Trinajstić information content (AvgIpc) is 2.87. The van der Waals surface area contributed by atoms with Crippen molar-refractivity contribution < 1.29 is 4.74 Å². The summed E-state index contributed by atoms with van der Waals surface area (Å²) in [6.07, 6.45) is 2.15. The maximum absolute atomic E-state index is 6.36. The minimum Gasteiger partial charge on any atom is -0.485 e. The number of halogens is 1. The highest BCUT2D eigenvalue weighted by Crippen LogP contribution is 2.45. The van der Waals surface area contributed by atoms with E-state index < -0.39 is 0 Å². The van der Waals surface area contributed by atoms with Gasteiger partial charge in [-0.2, -0.15) is 0 Å². The van der Waals surface area contributed by atoms with Crippen molar-refractivity contribution in [2.75, 3.05) is 26.2 Å². The molecular formula is C16H23ClN2O. The zero-order valence-corrected chi connectivity index (χ0v) is 13.0. The van der Waals surface area contributed by atoms with Crippen LogP contribution >= 0.6 is 11.6 Å². The molecule has 0 aromatic heterocycles. The summed E-state index contributed by atoms with van der Waals surface area (Å²) in [6.45, 7) is 8.57. The molecule has 2 aliphatic rings. The highest BCUT2D eigenvalue weighted by Gasteiger charge is 2.44. The maximum Gasteiger partial charge on any atom is 0.126 e. The molecule has 2 atom stereocenters. The summed E-state index contributed by atoms with van der Waals surface area (Å²) in [7, 11) is 0. The van der Waals surface area contributed by atoms with Gasteiger partial charge in [0.2, 0.25) is 0 Å². The van der Waals surface area contributed by atoms with Crippen LogP contribution in [0.15, 0.2) is 18.2 Å². The number of ether oxygens (including phenoxy) is 1. The first-order valence-electron chi connectivity index (χ1n) is 7.60. The van der Waals surface area contributed by atoms with Crippen molar-refractivity contribution in [1.29, 1.82) is 0 Å². The second-order valence-electron chi connectivity index (χ2n) is 5.84. The molecule has 3 nitrogen and oxygen atoms in total. The molecule has 1 aromatic rings. The van der Waals surface area contributed by atoms with Gasteiger partial charge in [0.15, 0.2) is 0 Å². The van der Waals surface area contributed by atoms with Crippen molar-refractivity contribution >= 4 is 11.6 Å². The molecule has 1 saturated heterocycles. The number of benzene rings is 1. The number of nitrogens with zero attached hydrogens (tertiary/aromatic N) is 1. The Morgan fingerprint density at radius 3 is 2.85 bits per heavy atom. The Labute approximate surface area is 126 Å². The lowest BCUT2D eigenvalue weighted by Gasteiger charge is -2.43. The van der Waals surface area contributed by atoms with Crippen LogP contribution in [-0.4, -0.2) is 36.7 Å². The molecule has 110 valence electrons. The smallest absolute Gasteiger partial charge is 0.126 e. The largest absolute Gasteiger partial charge is 0.485 e. The average molecular weight is 295 g/mol. The highest BCUT2D eigenvalue weighted by atomic mass is 35.5. The fourth-order valence-electron chi connectivity index (χ4n) is 3.58. The van der Waals surface area contributed by atoms with E-state index in [4.69, 9.17) is 16.3 Å². The van der Waals surface area contributed by atoms with Gasteiger partial charge in [-0.3, -0.25) is 4.90 Å². The molecule has 0 aliphatic carbocycles. The molecule has 0 bridgehead atoms. The Hall–Kier alpha value is -0.770. The van der Waals surface area contributed by atoms with Crippen molar-refractivity contribution in [2.45, 2.75) is 38.3 Å². The van der Waals surface area contributed by atoms with Crippen LogP contribution in [0.5, 0.6) is 5.75 Å². The zero-order chi connectivity index (χ0) is 14.2. The van der Waals surface area contributed by atoms with E-state index in [1.807, 2.05) is 12.1 Å². The van der Waals surface area contributed by atoms with Crippen molar-refractivity contribution in [3.05, 3.63) is 28.8 Å². The highest BCUT2D eigenvalue weighted by molar-refractivity contribution is 6.30. The number of hydrogen-bond donors (Lipinski definition) is 1. The van der Waals surface area contributed by atoms with Crippen LogP contribution < -0.4 is 10.1 Å². The minimum atomic E-state index is -0.0507. The van der Waals surface area contributed by atoms with Gasteiger partial charge in [-0.25, -0.2) is 0 Å². The predicted molar refractivity (Wildman–Crippen MR) is 82.6 cm³/mol. The summed E-state index contributed by atoms with van der Waals surface area (Å²) < 4.78 is 6.36. The Morgan fingerprint density at radius 1 is 1.40 bits per heavy atom. The minimum absolute atomic E-state index is 0.0507. The van der Waals surface area contributed by atoms with Gasteiger partial charge in [0.05, 0.1) is 0 Å². The SMILES string of the molecule is CCN(CC)C1CC2(CCNC2)Oc2cc(Cl)ccc21. The fraction of sp³-hybridized carbons (Fsp3) is 0.625. The molecule has 4 heteroatoms. The molecule has 0 radical (unpaired) electrons. The molecule has 0 amide bonds. The van der Waals surface area contributed by atoms with Crippen molar-refractivity contribution in [2.24, 2.45) is 0 Å². The lowest BCUT2D eigenvalue weighted by Crippen LogP contribution is -2.46. The van der Waals surface area contributed by atoms with Crippen molar-refractivity contribution in [3.8, 4) is 5.75 Å². The topological polar surface area (TPSA) is 24.5 Å². The Balaban J connectivity index is 2.00. The molecule has 3 rings (SSSR count). The van der Waals surface area contributed by atoms with E-state index in [9.17, 15) is 0 Å². The second-order valence-corrected chi connectivity index (χ2v) is 6.27. The van der Waals surface area contributed by atoms with Gasteiger partial charge in [-0.05, 0) is 31.8 Å². The molecule has 2 aliphatic heterocycles. The van der Waals surface area contributed by atoms with Crippen LogP contribution in [0.4, 0.5) is 0 Å². The van der Waals surface area contributed by atoms with E-state index in [0.29, 0.717) is 6.04 Å². The van der Waals surface area contributed by atoms with Crippen LogP contribution in [0.1, 0.15) is 38.3 Å². The molecular weight excluding hydrogens is 272 g/mol. The predicted octanol–water partition coefficient (Wildman–Crippen LogP) is 3.24. The second kappa shape index (κ2) is 5.55. The lowest BCUT2D eigenvalue weighted by molar-refractivity contribution is 0.0194.